The number of Topliss-reactive ketones (excluding diaryl/α,β-unsaturated/α-hetero) is 1. The summed E-state index contributed by atoms with van der Waals surface area (Å²) in [5, 5.41) is 28.2. The maximum atomic E-state index is 12.7. The van der Waals surface area contributed by atoms with Crippen molar-refractivity contribution in [3.63, 3.8) is 0 Å². The van der Waals surface area contributed by atoms with Gasteiger partial charge in [-0.2, -0.15) is 0 Å². The first kappa shape index (κ1) is 17.4. The smallest absolute Gasteiger partial charge is 0.182 e. The van der Waals surface area contributed by atoms with Gasteiger partial charge >= 0.3 is 0 Å². The highest BCUT2D eigenvalue weighted by molar-refractivity contribution is 5.97. The number of pyridine rings is 1. The molecule has 0 saturated heterocycles. The van der Waals surface area contributed by atoms with E-state index in [4.69, 9.17) is 4.74 Å². The van der Waals surface area contributed by atoms with Crippen LogP contribution in [-0.4, -0.2) is 56.9 Å². The second kappa shape index (κ2) is 7.08. The Kier molecular flexibility index (Phi) is 5.35. The molecule has 2 aromatic rings. The van der Waals surface area contributed by atoms with Crippen LogP contribution in [0.2, 0.25) is 0 Å². The summed E-state index contributed by atoms with van der Waals surface area (Å²) in [5.74, 6) is 0.274. The van der Waals surface area contributed by atoms with Crippen molar-refractivity contribution in [3.8, 4) is 5.75 Å². The van der Waals surface area contributed by atoms with E-state index in [1.807, 2.05) is 6.92 Å². The van der Waals surface area contributed by atoms with E-state index in [1.165, 1.54) is 0 Å². The number of fused-ring (bicyclic) bond motifs is 1. The van der Waals surface area contributed by atoms with E-state index < -0.39 is 25.2 Å². The fourth-order valence-corrected chi connectivity index (χ4v) is 2.50. The van der Waals surface area contributed by atoms with Gasteiger partial charge in [-0.15, -0.1) is 0 Å². The molecule has 0 spiro atoms. The third-order valence-corrected chi connectivity index (χ3v) is 3.89. The molecule has 0 aliphatic carbocycles. The summed E-state index contributed by atoms with van der Waals surface area (Å²) in [6, 6.07) is 3.53. The number of imidazole rings is 1. The first-order valence-electron chi connectivity index (χ1n) is 7.48. The molecule has 0 fully saturated rings. The van der Waals surface area contributed by atoms with E-state index in [0.717, 1.165) is 0 Å². The lowest BCUT2D eigenvalue weighted by atomic mass is 9.84. The number of aromatic nitrogens is 2. The second-order valence-corrected chi connectivity index (χ2v) is 5.62. The fraction of sp³-hybridized carbons (Fsp3) is 0.500. The van der Waals surface area contributed by atoms with Crippen molar-refractivity contribution in [1.29, 1.82) is 0 Å². The minimum atomic E-state index is -1.24. The van der Waals surface area contributed by atoms with Gasteiger partial charge in [0, 0.05) is 18.0 Å². The van der Waals surface area contributed by atoms with E-state index in [-0.39, 0.29) is 12.2 Å². The van der Waals surface area contributed by atoms with Crippen LogP contribution < -0.4 is 4.74 Å². The number of aliphatic hydroxyl groups excluding tert-OH is 3. The molecule has 0 saturated carbocycles. The van der Waals surface area contributed by atoms with E-state index >= 15 is 0 Å². The molecule has 7 nitrogen and oxygen atoms in total. The van der Waals surface area contributed by atoms with E-state index in [0.29, 0.717) is 29.4 Å². The number of hydrogen-bond donors (Lipinski definition) is 3. The summed E-state index contributed by atoms with van der Waals surface area (Å²) < 4.78 is 7.16. The summed E-state index contributed by atoms with van der Waals surface area (Å²) in [7, 11) is 0. The Morgan fingerprint density at radius 2 is 1.96 bits per heavy atom. The summed E-state index contributed by atoms with van der Waals surface area (Å²) in [4.78, 5) is 17.1. The van der Waals surface area contributed by atoms with Crippen LogP contribution in [0.1, 0.15) is 29.5 Å². The van der Waals surface area contributed by atoms with Gasteiger partial charge in [0.15, 0.2) is 17.2 Å². The predicted molar refractivity (Wildman–Crippen MR) is 83.7 cm³/mol. The lowest BCUT2D eigenvalue weighted by molar-refractivity contribution is 0.00178. The number of carbonyl (C=O) groups excluding carboxylic acids is 1. The molecule has 0 aliphatic rings. The molecule has 0 amide bonds. The van der Waals surface area contributed by atoms with E-state index in [2.05, 4.69) is 4.98 Å². The zero-order valence-corrected chi connectivity index (χ0v) is 13.3. The highest BCUT2D eigenvalue weighted by Crippen LogP contribution is 2.27. The molecule has 3 N–H and O–H groups in total. The minimum Gasteiger partial charge on any atom is -0.490 e. The Balaban J connectivity index is 2.45. The number of rotatable bonds is 8. The van der Waals surface area contributed by atoms with Gasteiger partial charge in [0.25, 0.3) is 0 Å². The van der Waals surface area contributed by atoms with Gasteiger partial charge in [-0.05, 0) is 26.0 Å². The minimum absolute atomic E-state index is 0.177. The number of ketones is 1. The number of aliphatic hydroxyl groups is 3. The molecule has 2 rings (SSSR count). The Bertz CT molecular complexity index is 683. The van der Waals surface area contributed by atoms with Crippen molar-refractivity contribution < 1.29 is 24.9 Å². The first-order valence-corrected chi connectivity index (χ1v) is 7.48. The maximum Gasteiger partial charge on any atom is 0.182 e. The third-order valence-electron chi connectivity index (χ3n) is 3.89. The molecule has 0 atom stereocenters. The Morgan fingerprint density at radius 3 is 2.52 bits per heavy atom. The maximum absolute atomic E-state index is 12.7. The monoisotopic (exact) mass is 322 g/mol. The van der Waals surface area contributed by atoms with Crippen LogP contribution in [0, 0.1) is 12.3 Å². The predicted octanol–water partition coefficient (Wildman–Crippen LogP) is 0.578. The molecule has 126 valence electrons. The van der Waals surface area contributed by atoms with Crippen LogP contribution >= 0.6 is 0 Å². The van der Waals surface area contributed by atoms with Gasteiger partial charge in [-0.3, -0.25) is 9.20 Å². The largest absolute Gasteiger partial charge is 0.490 e. The van der Waals surface area contributed by atoms with E-state index in [9.17, 15) is 20.1 Å². The van der Waals surface area contributed by atoms with Gasteiger partial charge in [-0.25, -0.2) is 4.98 Å². The molecule has 0 aromatic carbocycles. The third kappa shape index (κ3) is 3.21. The Morgan fingerprint density at radius 1 is 1.30 bits per heavy atom. The molecule has 0 bridgehead atoms. The van der Waals surface area contributed by atoms with Crippen molar-refractivity contribution in [2.75, 3.05) is 26.4 Å². The standard InChI is InChI=1S/C16H22N2O5/c1-3-23-13-5-4-6-18-14(11(2)17-15(13)18)12(22)7-16(8-19,9-20)10-21/h4-6,19-21H,3,7-10H2,1-2H3. The topological polar surface area (TPSA) is 104 Å². The highest BCUT2D eigenvalue weighted by Gasteiger charge is 2.33. The molecule has 0 unspecified atom stereocenters. The molecular formula is C16H22N2O5. The van der Waals surface area contributed by atoms with Gasteiger partial charge in [0.1, 0.15) is 5.69 Å². The summed E-state index contributed by atoms with van der Waals surface area (Å²) >= 11 is 0. The Labute approximate surface area is 134 Å². The highest BCUT2D eigenvalue weighted by atomic mass is 16.5. The number of nitrogens with zero attached hydrogens (tertiary/aromatic N) is 2. The number of aryl methyl sites for hydroxylation is 1. The summed E-state index contributed by atoms with van der Waals surface area (Å²) in [5.41, 5.74) is 0.189. The average Bonchev–Trinajstić information content (AvgIpc) is 2.90. The van der Waals surface area contributed by atoms with Gasteiger partial charge < -0.3 is 20.1 Å². The van der Waals surface area contributed by atoms with Crippen LogP contribution in [0.5, 0.6) is 5.75 Å². The quantitative estimate of drug-likeness (QED) is 0.614. The molecule has 2 aromatic heterocycles. The van der Waals surface area contributed by atoms with Crippen LogP contribution in [0.4, 0.5) is 0 Å². The van der Waals surface area contributed by atoms with Crippen LogP contribution in [0.3, 0.4) is 0 Å². The number of ether oxygens (including phenoxy) is 1. The summed E-state index contributed by atoms with van der Waals surface area (Å²) in [6.07, 6.45) is 1.54. The van der Waals surface area contributed by atoms with Gasteiger partial charge in [0.05, 0.1) is 32.1 Å². The number of carbonyl (C=O) groups is 1. The van der Waals surface area contributed by atoms with Crippen molar-refractivity contribution in [3.05, 3.63) is 29.7 Å². The lowest BCUT2D eigenvalue weighted by Crippen LogP contribution is -2.36. The van der Waals surface area contributed by atoms with Gasteiger partial charge in [-0.1, -0.05) is 0 Å². The van der Waals surface area contributed by atoms with Gasteiger partial charge in [0.2, 0.25) is 0 Å². The molecule has 2 heterocycles. The van der Waals surface area contributed by atoms with E-state index in [1.54, 1.807) is 29.7 Å². The zero-order chi connectivity index (χ0) is 17.0. The van der Waals surface area contributed by atoms with Crippen LogP contribution in [0.15, 0.2) is 18.3 Å². The fourth-order valence-electron chi connectivity index (χ4n) is 2.50. The number of hydrogen-bond acceptors (Lipinski definition) is 6. The second-order valence-electron chi connectivity index (χ2n) is 5.62. The average molecular weight is 322 g/mol. The molecule has 7 heteroatoms. The van der Waals surface area contributed by atoms with Crippen molar-refractivity contribution >= 4 is 11.4 Å². The van der Waals surface area contributed by atoms with Crippen molar-refractivity contribution in [2.45, 2.75) is 20.3 Å². The van der Waals surface area contributed by atoms with Crippen molar-refractivity contribution in [1.82, 2.24) is 9.38 Å². The van der Waals surface area contributed by atoms with Crippen LogP contribution in [-0.2, 0) is 0 Å². The first-order chi connectivity index (χ1) is 11.0. The lowest BCUT2D eigenvalue weighted by Gasteiger charge is -2.26. The zero-order valence-electron chi connectivity index (χ0n) is 13.3. The summed E-state index contributed by atoms with van der Waals surface area (Å²) in [6.45, 7) is 2.62. The van der Waals surface area contributed by atoms with Crippen LogP contribution in [0.25, 0.3) is 5.65 Å². The molecular weight excluding hydrogens is 300 g/mol. The van der Waals surface area contributed by atoms with Crippen molar-refractivity contribution in [2.24, 2.45) is 5.41 Å². The molecule has 23 heavy (non-hydrogen) atoms. The molecule has 0 radical (unpaired) electrons. The SMILES string of the molecule is CCOc1cccn2c(C(=O)CC(CO)(CO)CO)c(C)nc12. The molecule has 0 aliphatic heterocycles. The Hall–Kier alpha value is -1.96. The normalized spacial score (nSPS) is 11.9.